The minimum atomic E-state index is -0.204. The maximum Gasteiger partial charge on any atom is 0.136 e. The summed E-state index contributed by atoms with van der Waals surface area (Å²) in [4.78, 5) is 22.6. The van der Waals surface area contributed by atoms with E-state index in [1.165, 1.54) is 0 Å². The van der Waals surface area contributed by atoms with Gasteiger partial charge < -0.3 is 10.1 Å². The van der Waals surface area contributed by atoms with Gasteiger partial charge in [-0.15, -0.1) is 0 Å². The first-order valence-corrected chi connectivity index (χ1v) is 5.26. The van der Waals surface area contributed by atoms with Gasteiger partial charge in [0.05, 0.1) is 5.91 Å². The Morgan fingerprint density at radius 1 is 1.25 bits per heavy atom. The largest absolute Gasteiger partial charge is 0.647 e. The molecule has 0 aromatic carbocycles. The Kier molecular flexibility index (Phi) is 6.05. The Labute approximate surface area is 136 Å². The molecule has 2 fully saturated rings. The summed E-state index contributed by atoms with van der Waals surface area (Å²) in [5.41, 5.74) is -0.204. The number of carbonyl (C=O) groups is 2. The number of carbonyl (C=O) groups excluding carboxylic acids is 2. The summed E-state index contributed by atoms with van der Waals surface area (Å²) in [6.07, 6.45) is 1.13. The molecule has 0 N–H and O–H groups in total. The van der Waals surface area contributed by atoms with Crippen molar-refractivity contribution < 1.29 is 63.4 Å². The Hall–Kier alpha value is 0.932. The van der Waals surface area contributed by atoms with E-state index in [0.717, 1.165) is 0 Å². The molecule has 1 aliphatic carbocycles. The Balaban J connectivity index is 0.00000112. The molecule has 1 saturated carbocycles. The fraction of sp³-hybridized carbons (Fsp3) is 0.818. The number of amides is 1. The van der Waals surface area contributed by atoms with Gasteiger partial charge in [0, 0.05) is 66.1 Å². The van der Waals surface area contributed by atoms with Gasteiger partial charge in [0.2, 0.25) is 0 Å². The second kappa shape index (κ2) is 5.71. The first-order chi connectivity index (χ1) is 6.47. The molecule has 3 nitrogen and oxygen atoms in total. The summed E-state index contributed by atoms with van der Waals surface area (Å²) < 4.78 is 0. The standard InChI is InChI=1S/C11H17NO2.W.Y/c1-6-4-9(13)7(2)8(3)11(6)5-10(14)12-11;;/h6-8H,4-5H2,1-3H3,(H,12,14);;/p-1/t6?,7-,8+,11?;;/m0../s1. The molecule has 87 valence electrons. The van der Waals surface area contributed by atoms with Gasteiger partial charge in [0.15, 0.2) is 0 Å². The van der Waals surface area contributed by atoms with Gasteiger partial charge in [-0.1, -0.05) is 26.3 Å². The van der Waals surface area contributed by atoms with Crippen LogP contribution in [0.15, 0.2) is 0 Å². The van der Waals surface area contributed by atoms with E-state index in [9.17, 15) is 9.59 Å². The third-order valence-corrected chi connectivity index (χ3v) is 4.17. The number of nitrogens with zero attached hydrogens (tertiary/aromatic N) is 1. The van der Waals surface area contributed by atoms with Crippen molar-refractivity contribution in [3.8, 4) is 0 Å². The molecule has 2 unspecified atom stereocenters. The maximum absolute atomic E-state index is 11.6. The van der Waals surface area contributed by atoms with Gasteiger partial charge in [-0.3, -0.25) is 4.79 Å². The average molecular weight is 467 g/mol. The van der Waals surface area contributed by atoms with E-state index >= 15 is 0 Å². The van der Waals surface area contributed by atoms with Crippen molar-refractivity contribution in [2.45, 2.75) is 39.2 Å². The third kappa shape index (κ3) is 2.38. The molecule has 0 bridgehead atoms. The molecular formula is C11H16NO2WY-. The van der Waals surface area contributed by atoms with Crippen LogP contribution >= 0.6 is 0 Å². The van der Waals surface area contributed by atoms with Crippen LogP contribution in [0.3, 0.4) is 0 Å². The fourth-order valence-electron chi connectivity index (χ4n) is 2.83. The van der Waals surface area contributed by atoms with Crippen molar-refractivity contribution in [3.63, 3.8) is 0 Å². The van der Waals surface area contributed by atoms with Crippen molar-refractivity contribution >= 4 is 11.7 Å². The first-order valence-electron chi connectivity index (χ1n) is 5.26. The van der Waals surface area contributed by atoms with Crippen LogP contribution in [0.25, 0.3) is 5.32 Å². The van der Waals surface area contributed by atoms with E-state index < -0.39 is 0 Å². The number of β-lactam (4-membered cyclic amide) rings is 1. The predicted octanol–water partition coefficient (Wildman–Crippen LogP) is 1.91. The van der Waals surface area contributed by atoms with Crippen molar-refractivity contribution in [3.05, 3.63) is 5.32 Å². The van der Waals surface area contributed by atoms with E-state index in [0.29, 0.717) is 18.6 Å². The quantitative estimate of drug-likeness (QED) is 0.512. The van der Waals surface area contributed by atoms with E-state index in [2.05, 4.69) is 5.32 Å². The van der Waals surface area contributed by atoms with E-state index in [1.807, 2.05) is 20.8 Å². The topological polar surface area (TPSA) is 48.2 Å². The molecule has 1 heterocycles. The van der Waals surface area contributed by atoms with Crippen molar-refractivity contribution in [2.24, 2.45) is 17.8 Å². The molecule has 1 spiro atoms. The van der Waals surface area contributed by atoms with Crippen LogP contribution in [0.1, 0.15) is 33.6 Å². The normalized spacial score (nSPS) is 41.6. The molecule has 1 amide bonds. The molecule has 2 rings (SSSR count). The zero-order valence-electron chi connectivity index (χ0n) is 9.90. The van der Waals surface area contributed by atoms with Gasteiger partial charge in [-0.05, 0) is 18.3 Å². The van der Waals surface area contributed by atoms with Crippen molar-refractivity contribution in [1.29, 1.82) is 0 Å². The fourth-order valence-corrected chi connectivity index (χ4v) is 2.83. The maximum atomic E-state index is 11.6. The summed E-state index contributed by atoms with van der Waals surface area (Å²) >= 11 is 0. The summed E-state index contributed by atoms with van der Waals surface area (Å²) in [5.74, 6) is 0.842. The van der Waals surface area contributed by atoms with Gasteiger partial charge in [-0.25, -0.2) is 0 Å². The molecule has 0 aromatic heterocycles. The second-order valence-corrected chi connectivity index (χ2v) is 4.82. The van der Waals surface area contributed by atoms with Crippen LogP contribution in [0, 0.1) is 17.8 Å². The molecule has 2 aliphatic rings. The second-order valence-electron chi connectivity index (χ2n) is 4.82. The first kappa shape index (κ1) is 16.9. The van der Waals surface area contributed by atoms with Crippen LogP contribution in [0.5, 0.6) is 0 Å². The molecule has 4 atom stereocenters. The van der Waals surface area contributed by atoms with Gasteiger partial charge in [0.1, 0.15) is 5.78 Å². The molecular weight excluding hydrogens is 451 g/mol. The number of ketones is 1. The van der Waals surface area contributed by atoms with Crippen LogP contribution in [-0.4, -0.2) is 17.2 Å². The number of rotatable bonds is 0. The molecule has 1 radical (unpaired) electrons. The minimum absolute atomic E-state index is 0. The molecule has 5 heteroatoms. The van der Waals surface area contributed by atoms with Crippen LogP contribution < -0.4 is 0 Å². The number of hydrogen-bond donors (Lipinski definition) is 0. The SMILES string of the molecule is CC1CC(=O)[C@@H](C)[C@@H](C)C12CC(=O)[N-]2.[W].[Y]. The van der Waals surface area contributed by atoms with E-state index in [4.69, 9.17) is 0 Å². The number of Topliss-reactive ketones (excluding diaryl/α,β-unsaturated/α-hetero) is 1. The van der Waals surface area contributed by atoms with Crippen molar-refractivity contribution in [2.75, 3.05) is 0 Å². The zero-order chi connectivity index (χ0) is 10.5. The van der Waals surface area contributed by atoms with Gasteiger partial charge in [-0.2, -0.15) is 0 Å². The predicted molar refractivity (Wildman–Crippen MR) is 52.8 cm³/mol. The molecule has 1 aliphatic heterocycles. The molecule has 0 aromatic rings. The number of hydrogen-bond acceptors (Lipinski definition) is 2. The summed E-state index contributed by atoms with van der Waals surface area (Å²) in [6, 6.07) is 0. The van der Waals surface area contributed by atoms with E-state index in [1.54, 1.807) is 0 Å². The third-order valence-electron chi connectivity index (χ3n) is 4.17. The molecule has 1 saturated heterocycles. The smallest absolute Gasteiger partial charge is 0.136 e. The summed E-state index contributed by atoms with van der Waals surface area (Å²) in [7, 11) is 0. The summed E-state index contributed by atoms with van der Waals surface area (Å²) in [5, 5.41) is 4.17. The zero-order valence-corrected chi connectivity index (χ0v) is 15.7. The Morgan fingerprint density at radius 3 is 2.19 bits per heavy atom. The van der Waals surface area contributed by atoms with Gasteiger partial charge in [0.25, 0.3) is 0 Å². The van der Waals surface area contributed by atoms with Crippen LogP contribution in [0.2, 0.25) is 0 Å². The minimum Gasteiger partial charge on any atom is -0.647 e. The Morgan fingerprint density at radius 2 is 1.75 bits per heavy atom. The summed E-state index contributed by atoms with van der Waals surface area (Å²) in [6.45, 7) is 6.04. The van der Waals surface area contributed by atoms with Gasteiger partial charge >= 0.3 is 0 Å². The van der Waals surface area contributed by atoms with E-state index in [-0.39, 0.29) is 83.0 Å². The van der Waals surface area contributed by atoms with Crippen LogP contribution in [-0.2, 0) is 63.4 Å². The molecule has 16 heavy (non-hydrogen) atoms. The Bertz CT molecular complexity index is 300. The van der Waals surface area contributed by atoms with Crippen LogP contribution in [0.4, 0.5) is 0 Å². The van der Waals surface area contributed by atoms with Crippen molar-refractivity contribution in [1.82, 2.24) is 0 Å². The average Bonchev–Trinajstić information content (AvgIpc) is 2.07. The monoisotopic (exact) mass is 467 g/mol.